The van der Waals surface area contributed by atoms with Crippen LogP contribution in [0.3, 0.4) is 0 Å². The van der Waals surface area contributed by atoms with Crippen LogP contribution in [0.5, 0.6) is 17.2 Å². The number of rotatable bonds is 8. The van der Waals surface area contributed by atoms with E-state index in [1.54, 1.807) is 54.6 Å². The average Bonchev–Trinajstić information content (AvgIpc) is 3.34. The zero-order chi connectivity index (χ0) is 24.9. The molecule has 0 saturated carbocycles. The van der Waals surface area contributed by atoms with Gasteiger partial charge in [0.05, 0.1) is 39.6 Å². The minimum absolute atomic E-state index is 0.155. The molecule has 0 saturated heterocycles. The molecule has 0 aliphatic heterocycles. The van der Waals surface area contributed by atoms with Crippen molar-refractivity contribution in [3.63, 3.8) is 0 Å². The molecule has 1 heterocycles. The number of ketones is 1. The van der Waals surface area contributed by atoms with Gasteiger partial charge in [-0.3, -0.25) is 4.79 Å². The third kappa shape index (κ3) is 4.72. The van der Waals surface area contributed by atoms with Gasteiger partial charge in [-0.05, 0) is 48.0 Å². The molecule has 0 amide bonds. The zero-order valence-corrected chi connectivity index (χ0v) is 19.7. The Morgan fingerprint density at radius 3 is 2.06 bits per heavy atom. The van der Waals surface area contributed by atoms with Gasteiger partial charge >= 0.3 is 5.97 Å². The molecule has 178 valence electrons. The Bertz CT molecular complexity index is 1360. The van der Waals surface area contributed by atoms with Crippen molar-refractivity contribution in [2.24, 2.45) is 0 Å². The van der Waals surface area contributed by atoms with Gasteiger partial charge in [-0.25, -0.2) is 9.78 Å². The van der Waals surface area contributed by atoms with E-state index in [-0.39, 0.29) is 17.2 Å². The Morgan fingerprint density at radius 2 is 1.49 bits per heavy atom. The van der Waals surface area contributed by atoms with Crippen LogP contribution >= 0.6 is 0 Å². The summed E-state index contributed by atoms with van der Waals surface area (Å²) in [5.41, 5.74) is 2.72. The molecule has 3 aromatic carbocycles. The minimum Gasteiger partial charge on any atom is -0.493 e. The fraction of sp³-hybridized carbons (Fsp3) is 0.148. The van der Waals surface area contributed by atoms with Gasteiger partial charge in [0.15, 0.2) is 22.9 Å². The SMILES string of the molecule is COC(=O)c1ccc(C=C(C(=O)c2cc(OC)c(OC)c(OC)c2)c2nc3ccccc3o2)cc1. The number of fused-ring (bicyclic) bond motifs is 1. The smallest absolute Gasteiger partial charge is 0.337 e. The molecular weight excluding hydrogens is 450 g/mol. The summed E-state index contributed by atoms with van der Waals surface area (Å²) in [4.78, 5) is 30.1. The Balaban J connectivity index is 1.85. The molecular formula is C27H23NO7. The number of ether oxygens (including phenoxy) is 4. The number of para-hydroxylation sites is 2. The first-order chi connectivity index (χ1) is 17.0. The summed E-state index contributed by atoms with van der Waals surface area (Å²) >= 11 is 0. The standard InChI is InChI=1S/C27H23NO7/c1-31-22-14-18(15-23(32-2)25(22)33-3)24(29)19(26-28-20-7-5-6-8-21(20)35-26)13-16-9-11-17(12-10-16)27(30)34-4/h5-15H,1-4H3. The molecule has 8 heteroatoms. The van der Waals surface area contributed by atoms with Crippen molar-refractivity contribution in [2.45, 2.75) is 0 Å². The number of benzene rings is 3. The highest BCUT2D eigenvalue weighted by atomic mass is 16.5. The summed E-state index contributed by atoms with van der Waals surface area (Å²) in [7, 11) is 5.76. The number of nitrogens with zero attached hydrogens (tertiary/aromatic N) is 1. The third-order valence-corrected chi connectivity index (χ3v) is 5.34. The number of hydrogen-bond donors (Lipinski definition) is 0. The molecule has 4 rings (SSSR count). The first-order valence-corrected chi connectivity index (χ1v) is 10.6. The summed E-state index contributed by atoms with van der Waals surface area (Å²) in [6.07, 6.45) is 1.65. The highest BCUT2D eigenvalue weighted by Crippen LogP contribution is 2.39. The third-order valence-electron chi connectivity index (χ3n) is 5.34. The van der Waals surface area contributed by atoms with Gasteiger partial charge in [-0.1, -0.05) is 24.3 Å². The molecule has 0 aliphatic rings. The quantitative estimate of drug-likeness (QED) is 0.199. The molecule has 35 heavy (non-hydrogen) atoms. The Hall–Kier alpha value is -4.59. The second kappa shape index (κ2) is 10.1. The molecule has 0 atom stereocenters. The van der Waals surface area contributed by atoms with Crippen LogP contribution < -0.4 is 14.2 Å². The van der Waals surface area contributed by atoms with E-state index >= 15 is 0 Å². The molecule has 0 N–H and O–H groups in total. The maximum atomic E-state index is 13.8. The van der Waals surface area contributed by atoms with Crippen LogP contribution in [0.25, 0.3) is 22.7 Å². The average molecular weight is 473 g/mol. The molecule has 0 unspecified atom stereocenters. The van der Waals surface area contributed by atoms with Gasteiger partial charge in [-0.15, -0.1) is 0 Å². The van der Waals surface area contributed by atoms with Crippen molar-refractivity contribution < 1.29 is 33.0 Å². The summed E-state index contributed by atoms with van der Waals surface area (Å²) in [6.45, 7) is 0. The predicted molar refractivity (Wildman–Crippen MR) is 130 cm³/mol. The van der Waals surface area contributed by atoms with Gasteiger partial charge in [0.2, 0.25) is 11.6 Å². The fourth-order valence-electron chi connectivity index (χ4n) is 3.58. The number of methoxy groups -OCH3 is 4. The van der Waals surface area contributed by atoms with Crippen LogP contribution in [0.15, 0.2) is 65.1 Å². The van der Waals surface area contributed by atoms with Crippen LogP contribution in [0.4, 0.5) is 0 Å². The van der Waals surface area contributed by atoms with Crippen LogP contribution in [0, 0.1) is 0 Å². The van der Waals surface area contributed by atoms with E-state index < -0.39 is 5.97 Å². The predicted octanol–water partition coefficient (Wildman–Crippen LogP) is 5.06. The molecule has 8 nitrogen and oxygen atoms in total. The van der Waals surface area contributed by atoms with Crippen molar-refractivity contribution in [1.29, 1.82) is 0 Å². The van der Waals surface area contributed by atoms with E-state index in [2.05, 4.69) is 4.98 Å². The maximum absolute atomic E-state index is 13.8. The molecule has 0 spiro atoms. The van der Waals surface area contributed by atoms with Gasteiger partial charge in [0.1, 0.15) is 5.52 Å². The lowest BCUT2D eigenvalue weighted by Gasteiger charge is -2.14. The summed E-state index contributed by atoms with van der Waals surface area (Å²) in [6, 6.07) is 17.0. The molecule has 4 aromatic rings. The second-order valence-corrected chi connectivity index (χ2v) is 7.40. The highest BCUT2D eigenvalue weighted by Gasteiger charge is 2.24. The second-order valence-electron chi connectivity index (χ2n) is 7.40. The number of allylic oxidation sites excluding steroid dienone is 1. The zero-order valence-electron chi connectivity index (χ0n) is 19.7. The van der Waals surface area contributed by atoms with Crippen molar-refractivity contribution >= 4 is 34.5 Å². The lowest BCUT2D eigenvalue weighted by Crippen LogP contribution is -2.06. The lowest BCUT2D eigenvalue weighted by molar-refractivity contribution is 0.0600. The summed E-state index contributed by atoms with van der Waals surface area (Å²) in [5.74, 6) is 0.393. The van der Waals surface area contributed by atoms with Crippen LogP contribution in [0.1, 0.15) is 32.2 Å². The number of Topliss-reactive ketones (excluding diaryl/α,β-unsaturated/α-hetero) is 1. The summed E-state index contributed by atoms with van der Waals surface area (Å²) < 4.78 is 26.9. The van der Waals surface area contributed by atoms with Crippen molar-refractivity contribution in [3.05, 3.63) is 83.2 Å². The monoisotopic (exact) mass is 473 g/mol. The Morgan fingerprint density at radius 1 is 0.829 bits per heavy atom. The van der Waals surface area contributed by atoms with Crippen LogP contribution in [0.2, 0.25) is 0 Å². The number of carbonyl (C=O) groups is 2. The van der Waals surface area contributed by atoms with Gasteiger partial charge < -0.3 is 23.4 Å². The molecule has 0 aliphatic carbocycles. The lowest BCUT2D eigenvalue weighted by atomic mass is 9.99. The van der Waals surface area contributed by atoms with Gasteiger partial charge in [0, 0.05) is 5.56 Å². The van der Waals surface area contributed by atoms with E-state index in [1.165, 1.54) is 28.4 Å². The van der Waals surface area contributed by atoms with E-state index in [0.29, 0.717) is 45.0 Å². The molecule has 0 fully saturated rings. The number of carbonyl (C=O) groups excluding carboxylic acids is 2. The molecule has 1 aromatic heterocycles. The van der Waals surface area contributed by atoms with E-state index in [9.17, 15) is 9.59 Å². The molecule has 0 bridgehead atoms. The maximum Gasteiger partial charge on any atom is 0.337 e. The topological polar surface area (TPSA) is 97.1 Å². The van der Waals surface area contributed by atoms with Crippen molar-refractivity contribution in [2.75, 3.05) is 28.4 Å². The Labute approximate surface area is 201 Å². The normalized spacial score (nSPS) is 11.3. The first kappa shape index (κ1) is 23.6. The highest BCUT2D eigenvalue weighted by molar-refractivity contribution is 6.32. The van der Waals surface area contributed by atoms with Crippen molar-refractivity contribution in [1.82, 2.24) is 4.98 Å². The van der Waals surface area contributed by atoms with Crippen LogP contribution in [-0.2, 0) is 4.74 Å². The van der Waals surface area contributed by atoms with E-state index in [1.807, 2.05) is 12.1 Å². The number of esters is 1. The largest absolute Gasteiger partial charge is 0.493 e. The van der Waals surface area contributed by atoms with Gasteiger partial charge in [0.25, 0.3) is 0 Å². The van der Waals surface area contributed by atoms with Crippen LogP contribution in [-0.4, -0.2) is 45.2 Å². The van der Waals surface area contributed by atoms with Gasteiger partial charge in [-0.2, -0.15) is 0 Å². The summed E-state index contributed by atoms with van der Waals surface area (Å²) in [5, 5.41) is 0. The fourth-order valence-corrected chi connectivity index (χ4v) is 3.58. The molecule has 0 radical (unpaired) electrons. The number of aromatic nitrogens is 1. The number of hydrogen-bond acceptors (Lipinski definition) is 8. The minimum atomic E-state index is -0.451. The number of oxazole rings is 1. The van der Waals surface area contributed by atoms with E-state index in [0.717, 1.165) is 0 Å². The van der Waals surface area contributed by atoms with Crippen molar-refractivity contribution in [3.8, 4) is 17.2 Å². The van der Waals surface area contributed by atoms with E-state index in [4.69, 9.17) is 23.4 Å². The first-order valence-electron chi connectivity index (χ1n) is 10.6. The Kier molecular flexibility index (Phi) is 6.82.